The average molecular weight is 472 g/mol. The molecule has 0 atom stereocenters. The zero-order valence-electron chi connectivity index (χ0n) is 20.0. The van der Waals surface area contributed by atoms with E-state index in [9.17, 15) is 4.79 Å². The van der Waals surface area contributed by atoms with Gasteiger partial charge < -0.3 is 38.3 Å². The van der Waals surface area contributed by atoms with E-state index in [2.05, 4.69) is 9.97 Å². The van der Waals surface area contributed by atoms with Gasteiger partial charge in [0, 0.05) is 26.3 Å². The molecule has 0 fully saturated rings. The number of nitrogens with one attached hydrogen (secondary N) is 1. The lowest BCUT2D eigenvalue weighted by Gasteiger charge is -2.30. The number of fused-ring (bicyclic) bond motifs is 2. The highest BCUT2D eigenvalue weighted by Crippen LogP contribution is 2.42. The van der Waals surface area contributed by atoms with Crippen LogP contribution in [0.15, 0.2) is 23.0 Å². The quantitative estimate of drug-likeness (QED) is 0.472. The largest absolute Gasteiger partial charge is 0.493 e. The van der Waals surface area contributed by atoms with E-state index >= 15 is 0 Å². The lowest BCUT2D eigenvalue weighted by molar-refractivity contribution is 0.144. The van der Waals surface area contributed by atoms with Crippen LogP contribution in [0.4, 0.5) is 5.95 Å². The summed E-state index contributed by atoms with van der Waals surface area (Å²) < 4.78 is 32.8. The number of anilines is 1. The number of aromatic amines is 1. The predicted octanol–water partition coefficient (Wildman–Crippen LogP) is 2.55. The van der Waals surface area contributed by atoms with Crippen molar-refractivity contribution in [1.82, 2.24) is 9.97 Å². The first-order valence-electron chi connectivity index (χ1n) is 10.8. The van der Waals surface area contributed by atoms with Gasteiger partial charge in [0.1, 0.15) is 12.0 Å². The number of methoxy groups -OCH3 is 5. The van der Waals surface area contributed by atoms with Gasteiger partial charge in [0.2, 0.25) is 11.7 Å². The highest BCUT2D eigenvalue weighted by atomic mass is 16.5. The smallest absolute Gasteiger partial charge is 0.286 e. The van der Waals surface area contributed by atoms with Crippen LogP contribution in [0, 0.1) is 0 Å². The van der Waals surface area contributed by atoms with E-state index in [0.29, 0.717) is 59.5 Å². The van der Waals surface area contributed by atoms with Gasteiger partial charge in [-0.1, -0.05) is 0 Å². The van der Waals surface area contributed by atoms with Crippen molar-refractivity contribution in [2.45, 2.75) is 13.0 Å². The van der Waals surface area contributed by atoms with E-state index in [-0.39, 0.29) is 12.4 Å². The SMILES string of the molecule is COCCOc1c(OC)c(OC)cc2[nH]c(N3CCc4cc(OC)c(OC)cc4C3)nc(=O)c12. The summed E-state index contributed by atoms with van der Waals surface area (Å²) in [6, 6.07) is 5.69. The van der Waals surface area contributed by atoms with Gasteiger partial charge in [-0.15, -0.1) is 0 Å². The van der Waals surface area contributed by atoms with Crippen molar-refractivity contribution < 1.29 is 28.4 Å². The Morgan fingerprint density at radius 1 is 0.882 bits per heavy atom. The fourth-order valence-electron chi connectivity index (χ4n) is 4.15. The molecule has 2 aromatic carbocycles. The zero-order valence-corrected chi connectivity index (χ0v) is 20.0. The standard InChI is InChI=1S/C24H29N3O7/c1-29-8-9-34-22-20-16(12-19(32-4)21(22)33-5)25-24(26-23(20)28)27-7-6-14-10-17(30-2)18(31-3)11-15(14)13-27/h10-12H,6-9,13H2,1-5H3,(H,25,26,28). The molecule has 1 aliphatic rings. The first-order chi connectivity index (χ1) is 16.5. The Kier molecular flexibility index (Phi) is 6.97. The third-order valence-corrected chi connectivity index (χ3v) is 5.85. The Hall–Kier alpha value is -3.66. The molecule has 1 aromatic heterocycles. The Bertz CT molecular complexity index is 1240. The molecule has 2 heterocycles. The van der Waals surface area contributed by atoms with Crippen molar-refractivity contribution in [3.05, 3.63) is 39.7 Å². The second-order valence-electron chi connectivity index (χ2n) is 7.72. The maximum atomic E-state index is 13.2. The summed E-state index contributed by atoms with van der Waals surface area (Å²) in [5, 5.41) is 0.293. The number of rotatable bonds is 9. The molecule has 1 N–H and O–H groups in total. The normalized spacial score (nSPS) is 12.9. The fourth-order valence-corrected chi connectivity index (χ4v) is 4.15. The summed E-state index contributed by atoms with van der Waals surface area (Å²) in [6.45, 7) is 1.84. The van der Waals surface area contributed by atoms with E-state index in [4.69, 9.17) is 28.4 Å². The van der Waals surface area contributed by atoms with Crippen LogP contribution in [-0.2, 0) is 17.7 Å². The van der Waals surface area contributed by atoms with Crippen molar-refractivity contribution in [1.29, 1.82) is 0 Å². The van der Waals surface area contributed by atoms with E-state index in [0.717, 1.165) is 12.0 Å². The average Bonchev–Trinajstić information content (AvgIpc) is 2.86. The minimum Gasteiger partial charge on any atom is -0.493 e. The van der Waals surface area contributed by atoms with Crippen molar-refractivity contribution >= 4 is 16.9 Å². The van der Waals surface area contributed by atoms with Gasteiger partial charge in [-0.05, 0) is 29.7 Å². The van der Waals surface area contributed by atoms with Crippen molar-refractivity contribution in [3.8, 4) is 28.7 Å². The van der Waals surface area contributed by atoms with Crippen LogP contribution in [0.25, 0.3) is 10.9 Å². The molecular formula is C24H29N3O7. The summed E-state index contributed by atoms with van der Waals surface area (Å²) in [5.41, 5.74) is 2.38. The number of H-pyrrole nitrogens is 1. The second kappa shape index (κ2) is 10.1. The summed E-state index contributed by atoms with van der Waals surface area (Å²) in [4.78, 5) is 22.8. The first-order valence-corrected chi connectivity index (χ1v) is 10.8. The molecule has 0 aliphatic carbocycles. The molecule has 0 spiro atoms. The molecule has 1 aliphatic heterocycles. The first kappa shape index (κ1) is 23.5. The van der Waals surface area contributed by atoms with Gasteiger partial charge in [0.15, 0.2) is 23.0 Å². The number of aromatic nitrogens is 2. The summed E-state index contributed by atoms with van der Waals surface area (Å²) in [7, 11) is 7.84. The summed E-state index contributed by atoms with van der Waals surface area (Å²) in [6.07, 6.45) is 0.773. The van der Waals surface area contributed by atoms with Crippen LogP contribution in [0.5, 0.6) is 28.7 Å². The van der Waals surface area contributed by atoms with Gasteiger partial charge in [-0.25, -0.2) is 0 Å². The third-order valence-electron chi connectivity index (χ3n) is 5.85. The molecule has 10 heteroatoms. The molecule has 0 radical (unpaired) electrons. The van der Waals surface area contributed by atoms with Gasteiger partial charge in [-0.2, -0.15) is 4.98 Å². The number of hydrogen-bond acceptors (Lipinski definition) is 9. The fraction of sp³-hybridized carbons (Fsp3) is 0.417. The summed E-state index contributed by atoms with van der Waals surface area (Å²) in [5.74, 6) is 2.88. The van der Waals surface area contributed by atoms with Crippen molar-refractivity contribution in [3.63, 3.8) is 0 Å². The number of ether oxygens (including phenoxy) is 6. The van der Waals surface area contributed by atoms with Crippen LogP contribution in [-0.4, -0.2) is 65.3 Å². The number of nitrogens with zero attached hydrogens (tertiary/aromatic N) is 2. The molecule has 10 nitrogen and oxygen atoms in total. The van der Waals surface area contributed by atoms with E-state index in [1.807, 2.05) is 17.0 Å². The van der Waals surface area contributed by atoms with Crippen LogP contribution in [0.3, 0.4) is 0 Å². The van der Waals surface area contributed by atoms with E-state index < -0.39 is 5.56 Å². The molecule has 4 rings (SSSR count). The Labute approximate surface area is 197 Å². The maximum absolute atomic E-state index is 13.2. The lowest BCUT2D eigenvalue weighted by atomic mass is 9.99. The van der Waals surface area contributed by atoms with Crippen molar-refractivity contribution in [2.75, 3.05) is 60.2 Å². The Morgan fingerprint density at radius 2 is 1.59 bits per heavy atom. The van der Waals surface area contributed by atoms with E-state index in [1.54, 1.807) is 27.4 Å². The zero-order chi connectivity index (χ0) is 24.2. The van der Waals surface area contributed by atoms with Gasteiger partial charge in [-0.3, -0.25) is 4.79 Å². The molecule has 182 valence electrons. The molecule has 0 unspecified atom stereocenters. The molecular weight excluding hydrogens is 442 g/mol. The van der Waals surface area contributed by atoms with Crippen LogP contribution in [0.2, 0.25) is 0 Å². The lowest BCUT2D eigenvalue weighted by Crippen LogP contribution is -2.33. The van der Waals surface area contributed by atoms with Gasteiger partial charge in [0.25, 0.3) is 5.56 Å². The Balaban J connectivity index is 1.76. The minimum absolute atomic E-state index is 0.241. The predicted molar refractivity (Wildman–Crippen MR) is 127 cm³/mol. The van der Waals surface area contributed by atoms with Crippen molar-refractivity contribution in [2.24, 2.45) is 0 Å². The second-order valence-corrected chi connectivity index (χ2v) is 7.72. The van der Waals surface area contributed by atoms with Crippen LogP contribution < -0.4 is 34.1 Å². The number of benzene rings is 2. The van der Waals surface area contributed by atoms with Gasteiger partial charge >= 0.3 is 0 Å². The molecule has 0 bridgehead atoms. The van der Waals surface area contributed by atoms with Crippen LogP contribution in [0.1, 0.15) is 11.1 Å². The van der Waals surface area contributed by atoms with Gasteiger partial charge in [0.05, 0.1) is 40.6 Å². The molecule has 34 heavy (non-hydrogen) atoms. The number of hydrogen-bond donors (Lipinski definition) is 1. The molecule has 0 saturated carbocycles. The topological polar surface area (TPSA) is 104 Å². The highest BCUT2D eigenvalue weighted by Gasteiger charge is 2.24. The highest BCUT2D eigenvalue weighted by molar-refractivity contribution is 5.90. The van der Waals surface area contributed by atoms with E-state index in [1.165, 1.54) is 19.8 Å². The van der Waals surface area contributed by atoms with Crippen LogP contribution >= 0.6 is 0 Å². The summed E-state index contributed by atoms with van der Waals surface area (Å²) >= 11 is 0. The third kappa shape index (κ3) is 4.28. The maximum Gasteiger partial charge on any atom is 0.286 e. The Morgan fingerprint density at radius 3 is 2.24 bits per heavy atom. The molecule has 0 amide bonds. The molecule has 3 aromatic rings. The minimum atomic E-state index is -0.421. The monoisotopic (exact) mass is 471 g/mol. The molecule has 0 saturated heterocycles.